The van der Waals surface area contributed by atoms with Gasteiger partial charge in [-0.3, -0.25) is 25.0 Å². The molecule has 2 aromatic rings. The Labute approximate surface area is 201 Å². The van der Waals surface area contributed by atoms with Crippen molar-refractivity contribution in [3.8, 4) is 0 Å². The molecule has 2 atom stereocenters. The Hall–Kier alpha value is -3.66. The molecule has 0 aromatic heterocycles. The van der Waals surface area contributed by atoms with Gasteiger partial charge in [0.1, 0.15) is 6.04 Å². The third-order valence-corrected chi connectivity index (χ3v) is 6.10. The number of aliphatic imine (C=N–C) groups is 1. The number of carbonyl (C=O) groups is 2. The molecule has 178 valence electrons. The molecule has 1 amide bonds. The Morgan fingerprint density at radius 1 is 1.12 bits per heavy atom. The van der Waals surface area contributed by atoms with Crippen molar-refractivity contribution < 1.29 is 19.2 Å². The second-order valence-corrected chi connectivity index (χ2v) is 8.35. The molecule has 0 aliphatic carbocycles. The number of anilines is 1. The fourth-order valence-electron chi connectivity index (χ4n) is 4.09. The molecule has 1 fully saturated rings. The van der Waals surface area contributed by atoms with E-state index in [9.17, 15) is 19.7 Å². The van der Waals surface area contributed by atoms with Crippen LogP contribution in [0.1, 0.15) is 18.5 Å². The van der Waals surface area contributed by atoms with E-state index in [2.05, 4.69) is 10.2 Å². The minimum absolute atomic E-state index is 0.0841. The summed E-state index contributed by atoms with van der Waals surface area (Å²) in [6.07, 6.45) is 0. The molecule has 0 saturated carbocycles. The number of hydrogen-bond acceptors (Lipinski definition) is 8. The molecule has 0 spiro atoms. The minimum atomic E-state index is -1.18. The molecule has 10 nitrogen and oxygen atoms in total. The molecule has 2 aliphatic heterocycles. The zero-order chi connectivity index (χ0) is 24.2. The van der Waals surface area contributed by atoms with Crippen molar-refractivity contribution >= 4 is 40.8 Å². The number of piperazine rings is 1. The predicted octanol–water partition coefficient (Wildman–Crippen LogP) is 2.78. The first kappa shape index (κ1) is 23.5. The lowest BCUT2D eigenvalue weighted by Crippen LogP contribution is -2.57. The number of esters is 1. The molecule has 11 heteroatoms. The molecule has 2 aliphatic rings. The van der Waals surface area contributed by atoms with Gasteiger partial charge in [0.05, 0.1) is 11.5 Å². The highest BCUT2D eigenvalue weighted by molar-refractivity contribution is 6.30. The normalized spacial score (nSPS) is 20.4. The van der Waals surface area contributed by atoms with Crippen LogP contribution < -0.4 is 10.2 Å². The number of amides is 1. The van der Waals surface area contributed by atoms with Crippen LogP contribution in [0.5, 0.6) is 0 Å². The number of nitrogens with zero attached hydrogens (tertiary/aromatic N) is 4. The minimum Gasteiger partial charge on any atom is -0.465 e. The second kappa shape index (κ2) is 10.1. The van der Waals surface area contributed by atoms with E-state index in [0.29, 0.717) is 42.7 Å². The van der Waals surface area contributed by atoms with Crippen LogP contribution in [0.2, 0.25) is 5.02 Å². The number of halogens is 1. The second-order valence-electron chi connectivity index (χ2n) is 7.92. The van der Waals surface area contributed by atoms with Crippen molar-refractivity contribution in [2.24, 2.45) is 10.9 Å². The Morgan fingerprint density at radius 2 is 1.74 bits per heavy atom. The van der Waals surface area contributed by atoms with Gasteiger partial charge in [0, 0.05) is 49.0 Å². The molecule has 1 N–H and O–H groups in total. The van der Waals surface area contributed by atoms with E-state index in [1.165, 1.54) is 24.3 Å². The summed E-state index contributed by atoms with van der Waals surface area (Å²) >= 11 is 5.98. The Morgan fingerprint density at radius 3 is 2.32 bits per heavy atom. The average Bonchev–Trinajstić information content (AvgIpc) is 2.84. The number of guanidine groups is 1. The van der Waals surface area contributed by atoms with Gasteiger partial charge in [-0.15, -0.1) is 0 Å². The maximum Gasteiger partial charge on any atom is 0.321 e. The highest BCUT2D eigenvalue weighted by Crippen LogP contribution is 2.32. The van der Waals surface area contributed by atoms with Crippen LogP contribution in [0.15, 0.2) is 53.5 Å². The Bertz CT molecular complexity index is 1100. The van der Waals surface area contributed by atoms with Gasteiger partial charge < -0.3 is 14.5 Å². The van der Waals surface area contributed by atoms with E-state index in [1.807, 2.05) is 29.2 Å². The van der Waals surface area contributed by atoms with E-state index in [4.69, 9.17) is 21.3 Å². The van der Waals surface area contributed by atoms with Gasteiger partial charge in [0.15, 0.2) is 5.92 Å². The zero-order valence-corrected chi connectivity index (χ0v) is 19.3. The summed E-state index contributed by atoms with van der Waals surface area (Å²) in [5.41, 5.74) is 1.50. The summed E-state index contributed by atoms with van der Waals surface area (Å²) in [6, 6.07) is 12.5. The Balaban J connectivity index is 1.57. The molecule has 0 radical (unpaired) electrons. The van der Waals surface area contributed by atoms with E-state index in [0.717, 1.165) is 5.69 Å². The van der Waals surface area contributed by atoms with Crippen LogP contribution in [-0.4, -0.2) is 60.4 Å². The molecule has 0 unspecified atom stereocenters. The monoisotopic (exact) mass is 485 g/mol. The van der Waals surface area contributed by atoms with Crippen molar-refractivity contribution in [3.05, 3.63) is 69.2 Å². The number of nitro groups is 1. The highest BCUT2D eigenvalue weighted by atomic mass is 35.5. The van der Waals surface area contributed by atoms with Gasteiger partial charge in [-0.05, 0) is 36.8 Å². The van der Waals surface area contributed by atoms with Crippen molar-refractivity contribution in [1.29, 1.82) is 0 Å². The van der Waals surface area contributed by atoms with Crippen molar-refractivity contribution in [2.45, 2.75) is 13.0 Å². The third kappa shape index (κ3) is 4.96. The predicted molar refractivity (Wildman–Crippen MR) is 127 cm³/mol. The molecular formula is C23H24ClN5O5. The summed E-state index contributed by atoms with van der Waals surface area (Å²) in [5, 5.41) is 14.5. The van der Waals surface area contributed by atoms with Crippen LogP contribution in [0.4, 0.5) is 11.4 Å². The van der Waals surface area contributed by atoms with Crippen molar-refractivity contribution in [3.63, 3.8) is 0 Å². The summed E-state index contributed by atoms with van der Waals surface area (Å²) in [6.45, 7) is 4.42. The molecule has 34 heavy (non-hydrogen) atoms. The quantitative estimate of drug-likeness (QED) is 0.299. The van der Waals surface area contributed by atoms with Crippen LogP contribution >= 0.6 is 11.6 Å². The van der Waals surface area contributed by atoms with Crippen molar-refractivity contribution in [2.75, 3.05) is 37.7 Å². The van der Waals surface area contributed by atoms with Crippen LogP contribution in [0.25, 0.3) is 0 Å². The summed E-state index contributed by atoms with van der Waals surface area (Å²) in [5.74, 6) is -1.99. The van der Waals surface area contributed by atoms with Gasteiger partial charge in [-0.1, -0.05) is 23.7 Å². The molecule has 0 bridgehead atoms. The molecule has 4 rings (SSSR count). The fourth-order valence-corrected chi connectivity index (χ4v) is 4.21. The molecule has 2 heterocycles. The first-order valence-corrected chi connectivity index (χ1v) is 11.3. The zero-order valence-electron chi connectivity index (χ0n) is 18.5. The lowest BCUT2D eigenvalue weighted by Gasteiger charge is -2.39. The maximum absolute atomic E-state index is 13.0. The highest BCUT2D eigenvalue weighted by Gasteiger charge is 2.42. The van der Waals surface area contributed by atoms with Crippen LogP contribution in [0, 0.1) is 16.0 Å². The smallest absolute Gasteiger partial charge is 0.321 e. The van der Waals surface area contributed by atoms with E-state index < -0.39 is 28.8 Å². The third-order valence-electron chi connectivity index (χ3n) is 5.85. The number of rotatable bonds is 5. The molecular weight excluding hydrogens is 462 g/mol. The fraction of sp³-hybridized carbons (Fsp3) is 0.348. The first-order chi connectivity index (χ1) is 16.4. The van der Waals surface area contributed by atoms with E-state index in [-0.39, 0.29) is 12.3 Å². The van der Waals surface area contributed by atoms with Gasteiger partial charge in [-0.2, -0.15) is 0 Å². The number of non-ortho nitro benzene ring substituents is 1. The van der Waals surface area contributed by atoms with Gasteiger partial charge in [0.25, 0.3) is 5.69 Å². The SMILES string of the molecule is CCOC(=O)[C@H]1C(=O)NC(N2CCN(c3ccc(Cl)cc3)CC2)=N[C@H]1c1ccc([N+](=O)[O-])cc1. The average molecular weight is 486 g/mol. The van der Waals surface area contributed by atoms with E-state index in [1.54, 1.807) is 6.92 Å². The largest absolute Gasteiger partial charge is 0.465 e. The summed E-state index contributed by atoms with van der Waals surface area (Å²) in [7, 11) is 0. The number of carbonyl (C=O) groups excluding carboxylic acids is 2. The van der Waals surface area contributed by atoms with Gasteiger partial charge in [-0.25, -0.2) is 4.99 Å². The van der Waals surface area contributed by atoms with Gasteiger partial charge in [0.2, 0.25) is 11.9 Å². The Kier molecular flexibility index (Phi) is 6.97. The molecule has 1 saturated heterocycles. The number of nitrogens with one attached hydrogen (secondary N) is 1. The lowest BCUT2D eigenvalue weighted by atomic mass is 9.91. The van der Waals surface area contributed by atoms with Crippen LogP contribution in [-0.2, 0) is 14.3 Å². The molecule has 2 aromatic carbocycles. The van der Waals surface area contributed by atoms with Crippen molar-refractivity contribution in [1.82, 2.24) is 10.2 Å². The summed E-state index contributed by atoms with van der Waals surface area (Å²) < 4.78 is 5.11. The van der Waals surface area contributed by atoms with Gasteiger partial charge >= 0.3 is 5.97 Å². The number of hydrogen-bond donors (Lipinski definition) is 1. The van der Waals surface area contributed by atoms with E-state index >= 15 is 0 Å². The summed E-state index contributed by atoms with van der Waals surface area (Å²) in [4.78, 5) is 45.0. The number of nitro benzene ring substituents is 1. The number of benzene rings is 2. The lowest BCUT2D eigenvalue weighted by molar-refractivity contribution is -0.384. The number of ether oxygens (including phenoxy) is 1. The van der Waals surface area contributed by atoms with Crippen LogP contribution in [0.3, 0.4) is 0 Å². The first-order valence-electron chi connectivity index (χ1n) is 10.9. The maximum atomic E-state index is 13.0. The topological polar surface area (TPSA) is 117 Å². The standard InChI is InChI=1S/C23H24ClN5O5/c1-2-34-22(31)19-20(15-3-7-18(8-4-15)29(32)33)25-23(26-21(19)30)28-13-11-27(12-14-28)17-9-5-16(24)6-10-17/h3-10,19-20H,2,11-14H2,1H3,(H,25,26,30)/t19-,20+/m1/s1.